The van der Waals surface area contributed by atoms with E-state index >= 15 is 0 Å². The summed E-state index contributed by atoms with van der Waals surface area (Å²) in [6.45, 7) is 2.44. The van der Waals surface area contributed by atoms with Crippen LogP contribution < -0.4 is 0 Å². The van der Waals surface area contributed by atoms with Gasteiger partial charge in [-0.3, -0.25) is 4.79 Å². The van der Waals surface area contributed by atoms with Crippen molar-refractivity contribution in [1.29, 1.82) is 0 Å². The highest BCUT2D eigenvalue weighted by Gasteiger charge is 2.43. The number of rotatable bonds is 5. The van der Waals surface area contributed by atoms with Gasteiger partial charge in [-0.05, 0) is 66.8 Å². The largest absolute Gasteiger partial charge is 0.396 e. The first-order chi connectivity index (χ1) is 15.0. The molecule has 0 aliphatic carbocycles. The van der Waals surface area contributed by atoms with Crippen LogP contribution in [0.5, 0.6) is 0 Å². The van der Waals surface area contributed by atoms with Gasteiger partial charge in [-0.2, -0.15) is 0 Å². The minimum Gasteiger partial charge on any atom is -0.396 e. The van der Waals surface area contributed by atoms with Crippen molar-refractivity contribution in [3.8, 4) is 11.1 Å². The Bertz CT molecular complexity index is 927. The number of nitrogens with zero attached hydrogens (tertiary/aromatic N) is 1. The number of piperidine rings is 1. The number of ether oxygens (including phenoxy) is 1. The van der Waals surface area contributed by atoms with Crippen LogP contribution in [-0.2, 0) is 16.0 Å². The fourth-order valence-corrected chi connectivity index (χ4v) is 4.95. The monoisotopic (exact) mass is 429 g/mol. The first kappa shape index (κ1) is 21.9. The molecular formula is C25H29F2NO3. The van der Waals surface area contributed by atoms with Crippen LogP contribution in [0, 0.1) is 23.0 Å². The van der Waals surface area contributed by atoms with E-state index in [1.807, 2.05) is 29.2 Å². The molecule has 1 atom stereocenters. The average Bonchev–Trinajstić information content (AvgIpc) is 2.81. The summed E-state index contributed by atoms with van der Waals surface area (Å²) in [4.78, 5) is 15.7. The number of aliphatic hydroxyl groups is 1. The van der Waals surface area contributed by atoms with E-state index in [0.717, 1.165) is 30.0 Å². The molecule has 2 aliphatic rings. The number of amides is 1. The molecular weight excluding hydrogens is 400 g/mol. The zero-order chi connectivity index (χ0) is 21.8. The van der Waals surface area contributed by atoms with E-state index in [4.69, 9.17) is 4.74 Å². The Morgan fingerprint density at radius 2 is 1.90 bits per heavy atom. The second-order valence-corrected chi connectivity index (χ2v) is 8.80. The van der Waals surface area contributed by atoms with Gasteiger partial charge in [0, 0.05) is 32.9 Å². The van der Waals surface area contributed by atoms with Crippen LogP contribution in [0.1, 0.15) is 31.2 Å². The summed E-state index contributed by atoms with van der Waals surface area (Å²) in [6.07, 6.45) is 3.60. The lowest BCUT2D eigenvalue weighted by molar-refractivity contribution is -0.150. The third kappa shape index (κ3) is 4.65. The van der Waals surface area contributed by atoms with E-state index in [0.29, 0.717) is 51.1 Å². The van der Waals surface area contributed by atoms with Gasteiger partial charge < -0.3 is 14.7 Å². The number of benzene rings is 2. The summed E-state index contributed by atoms with van der Waals surface area (Å²) < 4.78 is 32.9. The quantitative estimate of drug-likeness (QED) is 0.775. The van der Waals surface area contributed by atoms with Crippen molar-refractivity contribution in [3.63, 3.8) is 0 Å². The summed E-state index contributed by atoms with van der Waals surface area (Å²) in [5.74, 6) is -1.51. The molecule has 2 aliphatic heterocycles. The van der Waals surface area contributed by atoms with E-state index in [-0.39, 0.29) is 18.4 Å². The first-order valence-corrected chi connectivity index (χ1v) is 11.0. The highest BCUT2D eigenvalue weighted by atomic mass is 19.2. The summed E-state index contributed by atoms with van der Waals surface area (Å²) in [6, 6.07) is 11.6. The molecule has 31 heavy (non-hydrogen) atoms. The van der Waals surface area contributed by atoms with Crippen molar-refractivity contribution >= 4 is 5.91 Å². The van der Waals surface area contributed by atoms with Crippen molar-refractivity contribution in [3.05, 3.63) is 59.7 Å². The van der Waals surface area contributed by atoms with Gasteiger partial charge in [0.1, 0.15) is 0 Å². The maximum absolute atomic E-state index is 13.9. The summed E-state index contributed by atoms with van der Waals surface area (Å²) in [7, 11) is 0. The zero-order valence-corrected chi connectivity index (χ0v) is 17.7. The third-order valence-corrected chi connectivity index (χ3v) is 6.74. The van der Waals surface area contributed by atoms with Gasteiger partial charge in [-0.25, -0.2) is 8.78 Å². The van der Waals surface area contributed by atoms with Crippen LogP contribution in [0.15, 0.2) is 42.5 Å². The van der Waals surface area contributed by atoms with Crippen LogP contribution in [-0.4, -0.2) is 48.8 Å². The second-order valence-electron chi connectivity index (χ2n) is 8.80. The molecule has 0 saturated carbocycles. The molecule has 4 rings (SSSR count). The molecule has 4 nitrogen and oxygen atoms in total. The Hall–Kier alpha value is -2.31. The normalized spacial score (nSPS) is 21.1. The molecule has 166 valence electrons. The van der Waals surface area contributed by atoms with E-state index < -0.39 is 17.0 Å². The number of hydrogen-bond acceptors (Lipinski definition) is 3. The van der Waals surface area contributed by atoms with Crippen molar-refractivity contribution < 1.29 is 23.4 Å². The lowest BCUT2D eigenvalue weighted by atomic mass is 9.72. The minimum absolute atomic E-state index is 0.0961. The van der Waals surface area contributed by atoms with E-state index in [1.54, 1.807) is 6.07 Å². The fraction of sp³-hybridized carbons (Fsp3) is 0.480. The molecule has 2 aromatic rings. The third-order valence-electron chi connectivity index (χ3n) is 6.74. The Labute approximate surface area is 181 Å². The number of carbonyl (C=O) groups is 1. The smallest absolute Gasteiger partial charge is 0.229 e. The van der Waals surface area contributed by atoms with Crippen molar-refractivity contribution in [2.24, 2.45) is 11.3 Å². The Balaban J connectivity index is 1.66. The van der Waals surface area contributed by atoms with Crippen LogP contribution in [0.3, 0.4) is 0 Å². The zero-order valence-electron chi connectivity index (χ0n) is 17.7. The van der Waals surface area contributed by atoms with Crippen LogP contribution in [0.2, 0.25) is 0 Å². The Kier molecular flexibility index (Phi) is 6.68. The predicted octanol–water partition coefficient (Wildman–Crippen LogP) is 4.20. The topological polar surface area (TPSA) is 49.8 Å². The van der Waals surface area contributed by atoms with Crippen molar-refractivity contribution in [2.75, 3.05) is 32.9 Å². The predicted molar refractivity (Wildman–Crippen MR) is 114 cm³/mol. The molecule has 1 amide bonds. The highest BCUT2D eigenvalue weighted by Crippen LogP contribution is 2.40. The van der Waals surface area contributed by atoms with Crippen LogP contribution in [0.4, 0.5) is 8.78 Å². The number of hydrogen-bond donors (Lipinski definition) is 1. The Morgan fingerprint density at radius 3 is 2.65 bits per heavy atom. The van der Waals surface area contributed by atoms with Crippen LogP contribution in [0.25, 0.3) is 11.1 Å². The summed E-state index contributed by atoms with van der Waals surface area (Å²) in [5, 5.41) is 9.59. The molecule has 0 aromatic heterocycles. The highest BCUT2D eigenvalue weighted by molar-refractivity contribution is 5.84. The van der Waals surface area contributed by atoms with Gasteiger partial charge in [-0.1, -0.05) is 30.3 Å². The van der Waals surface area contributed by atoms with Gasteiger partial charge in [0.25, 0.3) is 0 Å². The lowest BCUT2D eigenvalue weighted by Crippen LogP contribution is -2.51. The van der Waals surface area contributed by atoms with E-state index in [1.165, 1.54) is 6.07 Å². The molecule has 1 unspecified atom stereocenters. The molecule has 2 fully saturated rings. The maximum Gasteiger partial charge on any atom is 0.229 e. The fourth-order valence-electron chi connectivity index (χ4n) is 4.95. The standard InChI is InChI=1S/C25H29F2NO3/c26-22-8-7-19(14-23(22)27)21-6-2-1-5-20(21)15-25(9-12-31-13-10-25)24(30)28-11-3-4-18(16-28)17-29/h1-2,5-8,14,18,29H,3-4,9-13,15-17H2. The number of aliphatic hydroxyl groups excluding tert-OH is 1. The molecule has 1 N–H and O–H groups in total. The molecule has 6 heteroatoms. The number of carbonyl (C=O) groups excluding carboxylic acids is 1. The number of halogens is 2. The average molecular weight is 430 g/mol. The van der Waals surface area contributed by atoms with Gasteiger partial charge in [-0.15, -0.1) is 0 Å². The van der Waals surface area contributed by atoms with Gasteiger partial charge in [0.2, 0.25) is 5.91 Å². The maximum atomic E-state index is 13.9. The Morgan fingerprint density at radius 1 is 1.13 bits per heavy atom. The van der Waals surface area contributed by atoms with Gasteiger partial charge >= 0.3 is 0 Å². The minimum atomic E-state index is -0.882. The van der Waals surface area contributed by atoms with Crippen molar-refractivity contribution in [2.45, 2.75) is 32.1 Å². The van der Waals surface area contributed by atoms with E-state index in [2.05, 4.69) is 0 Å². The number of likely N-dealkylation sites (tertiary alicyclic amines) is 1. The van der Waals surface area contributed by atoms with E-state index in [9.17, 15) is 18.7 Å². The summed E-state index contributed by atoms with van der Waals surface area (Å²) in [5.41, 5.74) is 1.76. The van der Waals surface area contributed by atoms with Gasteiger partial charge in [0.05, 0.1) is 5.41 Å². The second kappa shape index (κ2) is 9.45. The lowest BCUT2D eigenvalue weighted by Gasteiger charge is -2.42. The van der Waals surface area contributed by atoms with Crippen molar-refractivity contribution in [1.82, 2.24) is 4.90 Å². The molecule has 2 heterocycles. The first-order valence-electron chi connectivity index (χ1n) is 11.0. The summed E-state index contributed by atoms with van der Waals surface area (Å²) >= 11 is 0. The molecule has 2 saturated heterocycles. The molecule has 2 aromatic carbocycles. The molecule has 0 spiro atoms. The van der Waals surface area contributed by atoms with Gasteiger partial charge in [0.15, 0.2) is 11.6 Å². The van der Waals surface area contributed by atoms with Crippen LogP contribution >= 0.6 is 0 Å². The molecule has 0 bridgehead atoms. The molecule has 0 radical (unpaired) electrons. The SMILES string of the molecule is O=C(N1CCCC(CO)C1)C1(Cc2ccccc2-c2ccc(F)c(F)c2)CCOCC1.